The topological polar surface area (TPSA) is 240 Å². The van der Waals surface area contributed by atoms with Gasteiger partial charge in [-0.3, -0.25) is 0 Å². The molecule has 0 aliphatic rings. The van der Waals surface area contributed by atoms with Gasteiger partial charge in [0.1, 0.15) is 31.9 Å². The van der Waals surface area contributed by atoms with Crippen LogP contribution in [-0.4, -0.2) is 55.8 Å². The number of benzene rings is 4. The summed E-state index contributed by atoms with van der Waals surface area (Å²) < 4.78 is 74.0. The summed E-state index contributed by atoms with van der Waals surface area (Å²) in [6, 6.07) is 26.2. The molecule has 58 heavy (non-hydrogen) atoms. The van der Waals surface area contributed by atoms with Gasteiger partial charge in [-0.15, -0.1) is 0 Å². The van der Waals surface area contributed by atoms with Gasteiger partial charge < -0.3 is 30.4 Å². The number of hydrogen-bond acceptors (Lipinski definition) is 16. The molecule has 0 atom stereocenters. The second kappa shape index (κ2) is 23.3. The molecule has 0 fully saturated rings. The first-order chi connectivity index (χ1) is 26.8. The third-order valence-corrected chi connectivity index (χ3v) is 8.86. The maximum absolute atomic E-state index is 12.3. The molecule has 0 aliphatic heterocycles. The molecule has 4 aromatic carbocycles. The van der Waals surface area contributed by atoms with Gasteiger partial charge >= 0.3 is 59.1 Å². The van der Waals surface area contributed by atoms with Crippen LogP contribution < -0.4 is 80.4 Å². The summed E-state index contributed by atoms with van der Waals surface area (Å²) >= 11 is 0. The minimum atomic E-state index is -5.04. The van der Waals surface area contributed by atoms with Gasteiger partial charge in [0.05, 0.1) is 9.79 Å². The first-order valence-electron chi connectivity index (χ1n) is 17.3. The van der Waals surface area contributed by atoms with Crippen LogP contribution in [0.4, 0.5) is 46.5 Å². The average molecular weight is 843 g/mol. The molecule has 0 spiro atoms. The number of rotatable bonds is 12. The van der Waals surface area contributed by atoms with Crippen LogP contribution in [0.15, 0.2) is 107 Å². The van der Waals surface area contributed by atoms with Crippen molar-refractivity contribution in [2.75, 3.05) is 21.3 Å². The van der Waals surface area contributed by atoms with Gasteiger partial charge in [0, 0.05) is 22.7 Å². The first kappa shape index (κ1) is 49.8. The Labute approximate surface area is 383 Å². The van der Waals surface area contributed by atoms with Crippen LogP contribution in [0, 0.1) is 13.8 Å². The van der Waals surface area contributed by atoms with Gasteiger partial charge in [0.15, 0.2) is 0 Å². The Morgan fingerprint density at radius 3 is 1.03 bits per heavy atom. The van der Waals surface area contributed by atoms with Gasteiger partial charge in [-0.2, -0.15) is 29.9 Å². The van der Waals surface area contributed by atoms with Crippen LogP contribution in [0.5, 0.6) is 0 Å². The Hall–Kier alpha value is -4.34. The summed E-state index contributed by atoms with van der Waals surface area (Å²) in [7, 11) is -10.1. The summed E-state index contributed by atoms with van der Waals surface area (Å²) in [6.45, 7) is 11.3. The molecule has 2 aromatic heterocycles. The second-order valence-corrected chi connectivity index (χ2v) is 13.7. The molecule has 0 amide bonds. The van der Waals surface area contributed by atoms with Crippen molar-refractivity contribution in [3.8, 4) is 0 Å². The van der Waals surface area contributed by atoms with Crippen LogP contribution in [0.2, 0.25) is 0 Å². The van der Waals surface area contributed by atoms with E-state index in [2.05, 4.69) is 51.2 Å². The third kappa shape index (κ3) is 14.8. The summed E-state index contributed by atoms with van der Waals surface area (Å²) in [5, 5.41) is 11.9. The number of hydrogen-bond donors (Lipinski definition) is 4. The van der Waals surface area contributed by atoms with E-state index in [0.717, 1.165) is 23.5 Å². The summed E-state index contributed by atoms with van der Waals surface area (Å²) in [5.74, 6) is 1.36. The zero-order valence-electron chi connectivity index (χ0n) is 33.3. The van der Waals surface area contributed by atoms with Gasteiger partial charge in [-0.1, -0.05) is 88.4 Å². The monoisotopic (exact) mass is 842 g/mol. The van der Waals surface area contributed by atoms with Crippen molar-refractivity contribution < 1.29 is 85.1 Å². The number of aromatic nitrogens is 6. The minimum absolute atomic E-state index is 0. The van der Waals surface area contributed by atoms with Crippen molar-refractivity contribution in [3.63, 3.8) is 0 Å². The predicted molar refractivity (Wildman–Crippen MR) is 216 cm³/mol. The molecule has 4 N–H and O–H groups in total. The van der Waals surface area contributed by atoms with Crippen LogP contribution in [0.25, 0.3) is 12.2 Å². The molecule has 292 valence electrons. The zero-order valence-corrected chi connectivity index (χ0v) is 39.0. The summed E-state index contributed by atoms with van der Waals surface area (Å²) in [5.41, 5.74) is 1.70. The largest absolute Gasteiger partial charge is 1.00 e. The van der Waals surface area contributed by atoms with Gasteiger partial charge in [0.25, 0.3) is 0 Å². The van der Waals surface area contributed by atoms with E-state index in [1.165, 1.54) is 36.4 Å². The number of anilines is 8. The quantitative estimate of drug-likeness (QED) is 0.0779. The smallest absolute Gasteiger partial charge is 0.744 e. The van der Waals surface area contributed by atoms with Gasteiger partial charge in [-0.05, 0) is 73.5 Å². The van der Waals surface area contributed by atoms with E-state index in [4.69, 9.17) is 0 Å². The van der Waals surface area contributed by atoms with Crippen molar-refractivity contribution in [3.05, 3.63) is 120 Å². The van der Waals surface area contributed by atoms with Crippen molar-refractivity contribution >= 4 is 78.9 Å². The molecule has 6 aromatic rings. The number of para-hydroxylation sites is 2. The average Bonchev–Trinajstić information content (AvgIpc) is 3.16. The molecule has 0 radical (unpaired) electrons. The van der Waals surface area contributed by atoms with E-state index in [1.54, 1.807) is 13.8 Å². The fourth-order valence-corrected chi connectivity index (χ4v) is 6.25. The molecule has 2 heterocycles. The Bertz CT molecular complexity index is 2350. The van der Waals surface area contributed by atoms with E-state index in [-0.39, 0.29) is 105 Å². The van der Waals surface area contributed by atoms with Gasteiger partial charge in [0.2, 0.25) is 23.8 Å². The molecule has 0 saturated heterocycles. The van der Waals surface area contributed by atoms with Crippen molar-refractivity contribution in [1.82, 2.24) is 29.9 Å². The molecule has 16 nitrogen and oxygen atoms in total. The predicted octanol–water partition coefficient (Wildman–Crippen LogP) is 1.69. The second-order valence-electron chi connectivity index (χ2n) is 11.0. The third-order valence-electron chi connectivity index (χ3n) is 7.07. The number of nitrogens with zero attached hydrogens (tertiary/aromatic N) is 6. The molecule has 6 rings (SSSR count). The molecule has 0 bridgehead atoms. The SMILES string of the molecule is CC.CC.Cc1nc(Nc2ccccc2)nc(Nc2ccc(/C=C/c3ccc(Nc4nc(C)nc(Nc5ccccc5)n4)cc3S(=O)(=O)[O-])c(S(=O)(=O)[O-])c2)n1.[Na+].[Na+]. The van der Waals surface area contributed by atoms with Crippen molar-refractivity contribution in [2.45, 2.75) is 51.3 Å². The number of aryl methyl sites for hydroxylation is 2. The standard InChI is InChI=1S/C34H30N10O6S2.2C2H6.2Na/c1-21-35-31(39-25-9-5-3-6-10-25)43-33(37-21)41-27-17-15-23(29(19-27)51(45,46)47)13-14-24-16-18-28(20-30(24)52(48,49)50)42-34-38-22(2)36-32(44-34)40-26-11-7-4-8-12-26;2*1-2;;/h3-20H,1-2H3,(H,45,46,47)(H,48,49,50)(H2,35,37,39,41,43)(H2,36,38,40,42,44);2*1-2H3;;/q;;;2*+1/p-2/b14-13+;;;;. The normalized spacial score (nSPS) is 10.7. The Morgan fingerprint density at radius 1 is 0.448 bits per heavy atom. The van der Waals surface area contributed by atoms with Crippen LogP contribution >= 0.6 is 0 Å². The van der Waals surface area contributed by atoms with E-state index < -0.39 is 30.0 Å². The maximum Gasteiger partial charge on any atom is 1.00 e. The van der Waals surface area contributed by atoms with Gasteiger partial charge in [-0.25, -0.2) is 16.8 Å². The molecular formula is C38H40N10Na2O6S2. The summed E-state index contributed by atoms with van der Waals surface area (Å²) in [6.07, 6.45) is 2.44. The fourth-order valence-electron chi connectivity index (χ4n) is 4.86. The van der Waals surface area contributed by atoms with Crippen molar-refractivity contribution in [1.29, 1.82) is 0 Å². The van der Waals surface area contributed by atoms with E-state index in [1.807, 2.05) is 88.4 Å². The molecule has 0 saturated carbocycles. The number of nitrogens with one attached hydrogen (secondary N) is 4. The van der Waals surface area contributed by atoms with E-state index >= 15 is 0 Å². The van der Waals surface area contributed by atoms with Crippen LogP contribution in [0.3, 0.4) is 0 Å². The van der Waals surface area contributed by atoms with E-state index in [9.17, 15) is 25.9 Å². The first-order valence-corrected chi connectivity index (χ1v) is 20.1. The van der Waals surface area contributed by atoms with Crippen molar-refractivity contribution in [2.24, 2.45) is 0 Å². The molecular weight excluding hydrogens is 803 g/mol. The summed E-state index contributed by atoms with van der Waals surface area (Å²) in [4.78, 5) is 24.4. The van der Waals surface area contributed by atoms with E-state index in [0.29, 0.717) is 11.6 Å². The minimum Gasteiger partial charge on any atom is -0.744 e. The maximum atomic E-state index is 12.3. The zero-order chi connectivity index (χ0) is 40.9. The molecule has 0 unspecified atom stereocenters. The Balaban J connectivity index is 0.00000188. The Kier molecular flexibility index (Phi) is 20.0. The van der Waals surface area contributed by atoms with Crippen LogP contribution in [0.1, 0.15) is 50.5 Å². The fraction of sp³-hybridized carbons (Fsp3) is 0.158. The van der Waals surface area contributed by atoms with Crippen LogP contribution in [-0.2, 0) is 20.2 Å². The molecule has 0 aliphatic carbocycles. The Morgan fingerprint density at radius 2 is 0.741 bits per heavy atom. The molecule has 20 heteroatoms.